The van der Waals surface area contributed by atoms with Gasteiger partial charge in [0.15, 0.2) is 0 Å². The predicted octanol–water partition coefficient (Wildman–Crippen LogP) is 3.53. The van der Waals surface area contributed by atoms with Crippen molar-refractivity contribution in [2.24, 2.45) is 4.99 Å². The number of amides is 3. The summed E-state index contributed by atoms with van der Waals surface area (Å²) < 4.78 is 13.9. The van der Waals surface area contributed by atoms with E-state index in [1.165, 1.54) is 19.1 Å². The Morgan fingerprint density at radius 3 is 2.38 bits per heavy atom. The SMILES string of the molecule is CC(=O)NCc1ccc(C(=Nc2ccc(N(C)C(=O)CN3CCN(C)CC3)cc2)C2C(=O)Nc3cc(F)ccc32)cc1. The van der Waals surface area contributed by atoms with Crippen LogP contribution in [-0.4, -0.2) is 80.1 Å². The number of halogens is 1. The Morgan fingerprint density at radius 1 is 1.02 bits per heavy atom. The number of benzene rings is 3. The Labute approximate surface area is 245 Å². The van der Waals surface area contributed by atoms with Crippen LogP contribution in [0, 0.1) is 5.82 Å². The molecule has 0 aromatic heterocycles. The molecule has 2 heterocycles. The van der Waals surface area contributed by atoms with Crippen molar-refractivity contribution in [1.82, 2.24) is 15.1 Å². The number of likely N-dealkylation sites (N-methyl/N-ethyl adjacent to an activating group) is 2. The molecule has 10 heteroatoms. The van der Waals surface area contributed by atoms with Crippen molar-refractivity contribution in [3.8, 4) is 0 Å². The monoisotopic (exact) mass is 570 g/mol. The van der Waals surface area contributed by atoms with Gasteiger partial charge in [0, 0.05) is 58.1 Å². The van der Waals surface area contributed by atoms with Crippen molar-refractivity contribution in [2.45, 2.75) is 19.4 Å². The third-order valence-corrected chi connectivity index (χ3v) is 7.73. The van der Waals surface area contributed by atoms with E-state index in [0.29, 0.717) is 35.7 Å². The van der Waals surface area contributed by atoms with Crippen LogP contribution in [-0.2, 0) is 20.9 Å². The smallest absolute Gasteiger partial charge is 0.240 e. The zero-order chi connectivity index (χ0) is 29.8. The number of nitrogens with zero attached hydrogens (tertiary/aromatic N) is 4. The van der Waals surface area contributed by atoms with Gasteiger partial charge in [0.1, 0.15) is 11.7 Å². The lowest BCUT2D eigenvalue weighted by atomic mass is 9.90. The highest BCUT2D eigenvalue weighted by Gasteiger charge is 2.35. The first-order chi connectivity index (χ1) is 20.2. The zero-order valence-corrected chi connectivity index (χ0v) is 24.1. The Balaban J connectivity index is 1.41. The highest BCUT2D eigenvalue weighted by atomic mass is 19.1. The van der Waals surface area contributed by atoms with Crippen molar-refractivity contribution in [2.75, 3.05) is 57.0 Å². The fraction of sp³-hybridized carbons (Fsp3) is 0.312. The highest BCUT2D eigenvalue weighted by Crippen LogP contribution is 2.37. The molecule has 3 aromatic rings. The normalized spacial score (nSPS) is 17.5. The molecular formula is C32H35FN6O3. The van der Waals surface area contributed by atoms with Gasteiger partial charge in [-0.2, -0.15) is 0 Å². The molecule has 0 aliphatic carbocycles. The first-order valence-electron chi connectivity index (χ1n) is 14.0. The summed E-state index contributed by atoms with van der Waals surface area (Å²) in [5.41, 5.74) is 4.57. The van der Waals surface area contributed by atoms with Gasteiger partial charge in [0.25, 0.3) is 0 Å². The maximum absolute atomic E-state index is 13.9. The second kappa shape index (κ2) is 12.6. The molecular weight excluding hydrogens is 535 g/mol. The number of aliphatic imine (C=N–C) groups is 1. The van der Waals surface area contributed by atoms with Crippen LogP contribution in [0.25, 0.3) is 0 Å². The van der Waals surface area contributed by atoms with Gasteiger partial charge in [-0.25, -0.2) is 4.39 Å². The molecule has 5 rings (SSSR count). The molecule has 1 fully saturated rings. The minimum atomic E-state index is -0.741. The third-order valence-electron chi connectivity index (χ3n) is 7.73. The highest BCUT2D eigenvalue weighted by molar-refractivity contribution is 6.24. The van der Waals surface area contributed by atoms with Gasteiger partial charge >= 0.3 is 0 Å². The lowest BCUT2D eigenvalue weighted by molar-refractivity contribution is -0.120. The molecule has 218 valence electrons. The molecule has 2 aliphatic heterocycles. The summed E-state index contributed by atoms with van der Waals surface area (Å²) in [5, 5.41) is 5.56. The van der Waals surface area contributed by atoms with Crippen molar-refractivity contribution in [3.05, 3.63) is 89.2 Å². The van der Waals surface area contributed by atoms with E-state index in [1.54, 1.807) is 18.0 Å². The molecule has 2 N–H and O–H groups in total. The summed E-state index contributed by atoms with van der Waals surface area (Å²) in [5.74, 6) is -1.57. The van der Waals surface area contributed by atoms with Crippen LogP contribution in [0.4, 0.5) is 21.5 Å². The predicted molar refractivity (Wildman–Crippen MR) is 162 cm³/mol. The number of carbonyl (C=O) groups excluding carboxylic acids is 3. The van der Waals surface area contributed by atoms with Crippen LogP contribution in [0.1, 0.15) is 29.5 Å². The van der Waals surface area contributed by atoms with E-state index in [4.69, 9.17) is 4.99 Å². The fourth-order valence-electron chi connectivity index (χ4n) is 5.16. The molecule has 1 unspecified atom stereocenters. The van der Waals surface area contributed by atoms with E-state index >= 15 is 0 Å². The average molecular weight is 571 g/mol. The number of anilines is 2. The molecule has 0 spiro atoms. The topological polar surface area (TPSA) is 97.3 Å². The van der Waals surface area contributed by atoms with Gasteiger partial charge < -0.3 is 20.4 Å². The number of piperazine rings is 1. The van der Waals surface area contributed by atoms with Crippen molar-refractivity contribution in [3.63, 3.8) is 0 Å². The maximum Gasteiger partial charge on any atom is 0.240 e. The van der Waals surface area contributed by atoms with E-state index < -0.39 is 11.7 Å². The van der Waals surface area contributed by atoms with Crippen LogP contribution in [0.5, 0.6) is 0 Å². The molecule has 2 aliphatic rings. The number of carbonyl (C=O) groups is 3. The maximum atomic E-state index is 13.9. The second-order valence-electron chi connectivity index (χ2n) is 10.8. The quantitative estimate of drug-likeness (QED) is 0.404. The molecule has 9 nitrogen and oxygen atoms in total. The molecule has 0 saturated carbocycles. The number of rotatable bonds is 8. The van der Waals surface area contributed by atoms with Crippen LogP contribution in [0.3, 0.4) is 0 Å². The first kappa shape index (κ1) is 29.1. The molecule has 3 aromatic carbocycles. The lowest BCUT2D eigenvalue weighted by Crippen LogP contribution is -2.48. The Bertz CT molecular complexity index is 1500. The van der Waals surface area contributed by atoms with Gasteiger partial charge in [-0.3, -0.25) is 24.3 Å². The van der Waals surface area contributed by atoms with Gasteiger partial charge in [-0.05, 0) is 60.1 Å². The molecule has 1 atom stereocenters. The summed E-state index contributed by atoms with van der Waals surface area (Å²) in [6.07, 6.45) is 0. The van der Waals surface area contributed by atoms with Gasteiger partial charge in [-0.15, -0.1) is 0 Å². The van der Waals surface area contributed by atoms with E-state index in [9.17, 15) is 18.8 Å². The van der Waals surface area contributed by atoms with E-state index in [2.05, 4.69) is 27.5 Å². The third kappa shape index (κ3) is 6.72. The van der Waals surface area contributed by atoms with Crippen molar-refractivity contribution < 1.29 is 18.8 Å². The Kier molecular flexibility index (Phi) is 8.75. The summed E-state index contributed by atoms with van der Waals surface area (Å²) in [6, 6.07) is 19.1. The lowest BCUT2D eigenvalue weighted by Gasteiger charge is -2.32. The number of fused-ring (bicyclic) bond motifs is 1. The minimum Gasteiger partial charge on any atom is -0.352 e. The number of hydrogen-bond acceptors (Lipinski definition) is 6. The number of hydrogen-bond donors (Lipinski definition) is 2. The second-order valence-corrected chi connectivity index (χ2v) is 10.8. The standard InChI is InChI=1S/C32H35FN6O3/c1-21(40)34-19-22-4-6-23(7-5-22)31(30-27-13-8-24(33)18-28(27)36-32(30)42)35-25-9-11-26(12-10-25)38(3)29(41)20-39-16-14-37(2)15-17-39/h4-13,18,30H,14-17,19-20H2,1-3H3,(H,34,40)(H,36,42). The summed E-state index contributed by atoms with van der Waals surface area (Å²) in [7, 11) is 3.85. The molecule has 1 saturated heterocycles. The summed E-state index contributed by atoms with van der Waals surface area (Å²) >= 11 is 0. The first-order valence-corrected chi connectivity index (χ1v) is 14.0. The summed E-state index contributed by atoms with van der Waals surface area (Å²) in [4.78, 5) is 48.4. The zero-order valence-electron chi connectivity index (χ0n) is 24.1. The Morgan fingerprint density at radius 2 is 1.71 bits per heavy atom. The molecule has 0 radical (unpaired) electrons. The van der Waals surface area contributed by atoms with E-state index in [-0.39, 0.29) is 17.7 Å². The van der Waals surface area contributed by atoms with Gasteiger partial charge in [0.2, 0.25) is 17.7 Å². The van der Waals surface area contributed by atoms with Gasteiger partial charge in [0.05, 0.1) is 17.9 Å². The fourth-order valence-corrected chi connectivity index (χ4v) is 5.16. The minimum absolute atomic E-state index is 0.0160. The van der Waals surface area contributed by atoms with Gasteiger partial charge in [-0.1, -0.05) is 30.3 Å². The van der Waals surface area contributed by atoms with E-state index in [1.807, 2.05) is 48.5 Å². The molecule has 3 amide bonds. The van der Waals surface area contributed by atoms with Crippen LogP contribution < -0.4 is 15.5 Å². The van der Waals surface area contributed by atoms with Crippen LogP contribution in [0.2, 0.25) is 0 Å². The molecule has 0 bridgehead atoms. The average Bonchev–Trinajstić information content (AvgIpc) is 3.30. The van der Waals surface area contributed by atoms with E-state index in [0.717, 1.165) is 43.0 Å². The van der Waals surface area contributed by atoms with Crippen LogP contribution >= 0.6 is 0 Å². The Hall–Kier alpha value is -4.41. The number of nitrogens with one attached hydrogen (secondary N) is 2. The summed E-state index contributed by atoms with van der Waals surface area (Å²) in [6.45, 7) is 5.84. The van der Waals surface area contributed by atoms with Crippen molar-refractivity contribution in [1.29, 1.82) is 0 Å². The molecule has 42 heavy (non-hydrogen) atoms. The van der Waals surface area contributed by atoms with Crippen LogP contribution in [0.15, 0.2) is 71.7 Å². The van der Waals surface area contributed by atoms with Crippen molar-refractivity contribution >= 4 is 40.5 Å². The largest absolute Gasteiger partial charge is 0.352 e.